The maximum Gasteiger partial charge on any atom is 0.347 e. The van der Waals surface area contributed by atoms with Crippen LogP contribution in [-0.4, -0.2) is 17.5 Å². The minimum atomic E-state index is -0.446. The van der Waals surface area contributed by atoms with Crippen molar-refractivity contribution in [3.05, 3.63) is 88.8 Å². The van der Waals surface area contributed by atoms with E-state index in [1.165, 1.54) is 37.7 Å². The first-order chi connectivity index (χ1) is 16.7. The van der Waals surface area contributed by atoms with Gasteiger partial charge < -0.3 is 14.5 Å². The average Bonchev–Trinajstić information content (AvgIpc) is 2.88. The minimum Gasteiger partial charge on any atom is -0.484 e. The molecule has 0 radical (unpaired) electrons. The molecule has 1 saturated carbocycles. The Hall–Kier alpha value is -3.93. The number of hydrogen-bond acceptors (Lipinski definition) is 5. The molecule has 1 heterocycles. The fourth-order valence-electron chi connectivity index (χ4n) is 4.49. The van der Waals surface area contributed by atoms with Crippen LogP contribution in [0.5, 0.6) is 5.75 Å². The summed E-state index contributed by atoms with van der Waals surface area (Å²) in [6.45, 7) is -0.101. The SMILES string of the molecule is O=C(COc1ccc(C2CCCCC2)cc1)Nc1cccc(-c2nc3ccccc3c(=O)o2)c1. The number of amides is 1. The Kier molecular flexibility index (Phi) is 6.38. The summed E-state index contributed by atoms with van der Waals surface area (Å²) in [5.41, 5.74) is 2.63. The van der Waals surface area contributed by atoms with Gasteiger partial charge in [0.1, 0.15) is 5.75 Å². The van der Waals surface area contributed by atoms with Gasteiger partial charge in [-0.05, 0) is 66.8 Å². The number of para-hydroxylation sites is 1. The monoisotopic (exact) mass is 454 g/mol. The van der Waals surface area contributed by atoms with Crippen LogP contribution in [0.15, 0.2) is 82.0 Å². The third-order valence-electron chi connectivity index (χ3n) is 6.26. The lowest BCUT2D eigenvalue weighted by Crippen LogP contribution is -2.20. The lowest BCUT2D eigenvalue weighted by atomic mass is 9.84. The first-order valence-electron chi connectivity index (χ1n) is 11.7. The molecule has 172 valence electrons. The lowest BCUT2D eigenvalue weighted by molar-refractivity contribution is -0.118. The van der Waals surface area contributed by atoms with E-state index in [-0.39, 0.29) is 18.4 Å². The smallest absolute Gasteiger partial charge is 0.347 e. The average molecular weight is 455 g/mol. The summed E-state index contributed by atoms with van der Waals surface area (Å²) in [5.74, 6) is 1.24. The Morgan fingerprint density at radius 3 is 2.59 bits per heavy atom. The van der Waals surface area contributed by atoms with Crippen LogP contribution in [0, 0.1) is 0 Å². The molecule has 3 aromatic carbocycles. The Morgan fingerprint density at radius 1 is 0.971 bits per heavy atom. The molecule has 1 aliphatic rings. The van der Waals surface area contributed by atoms with Gasteiger partial charge in [0.2, 0.25) is 5.89 Å². The molecule has 6 nitrogen and oxygen atoms in total. The number of aromatic nitrogens is 1. The molecule has 4 aromatic rings. The topological polar surface area (TPSA) is 81.4 Å². The zero-order valence-electron chi connectivity index (χ0n) is 18.8. The highest BCUT2D eigenvalue weighted by atomic mass is 16.5. The van der Waals surface area contributed by atoms with E-state index in [0.29, 0.717) is 33.8 Å². The number of nitrogens with one attached hydrogen (secondary N) is 1. The fraction of sp³-hybridized carbons (Fsp3) is 0.250. The minimum absolute atomic E-state index is 0.101. The van der Waals surface area contributed by atoms with Gasteiger partial charge in [-0.2, -0.15) is 0 Å². The van der Waals surface area contributed by atoms with Gasteiger partial charge in [-0.3, -0.25) is 4.79 Å². The van der Waals surface area contributed by atoms with Gasteiger partial charge in [-0.15, -0.1) is 0 Å². The number of rotatable bonds is 6. The van der Waals surface area contributed by atoms with E-state index in [9.17, 15) is 9.59 Å². The Balaban J connectivity index is 1.22. The van der Waals surface area contributed by atoms with Crippen LogP contribution in [0.2, 0.25) is 0 Å². The molecule has 34 heavy (non-hydrogen) atoms. The van der Waals surface area contributed by atoms with Crippen LogP contribution < -0.4 is 15.7 Å². The van der Waals surface area contributed by atoms with Crippen molar-refractivity contribution >= 4 is 22.5 Å². The van der Waals surface area contributed by atoms with Crippen LogP contribution in [0.3, 0.4) is 0 Å². The van der Waals surface area contributed by atoms with Gasteiger partial charge >= 0.3 is 5.63 Å². The lowest BCUT2D eigenvalue weighted by Gasteiger charge is -2.22. The number of ether oxygens (including phenoxy) is 1. The van der Waals surface area contributed by atoms with Gasteiger partial charge in [0.25, 0.3) is 5.91 Å². The number of hydrogen-bond donors (Lipinski definition) is 1. The number of carbonyl (C=O) groups excluding carboxylic acids is 1. The van der Waals surface area contributed by atoms with E-state index in [0.717, 1.165) is 0 Å². The van der Waals surface area contributed by atoms with Crippen molar-refractivity contribution < 1.29 is 13.9 Å². The van der Waals surface area contributed by atoms with Crippen molar-refractivity contribution in [1.29, 1.82) is 0 Å². The molecule has 5 rings (SSSR count). The van der Waals surface area contributed by atoms with Crippen molar-refractivity contribution in [2.45, 2.75) is 38.0 Å². The number of carbonyl (C=O) groups is 1. The number of fused-ring (bicyclic) bond motifs is 1. The summed E-state index contributed by atoms with van der Waals surface area (Å²) < 4.78 is 11.1. The van der Waals surface area contributed by atoms with Crippen molar-refractivity contribution in [3.63, 3.8) is 0 Å². The second-order valence-corrected chi connectivity index (χ2v) is 8.65. The van der Waals surface area contributed by atoms with Crippen LogP contribution in [0.25, 0.3) is 22.4 Å². The molecular weight excluding hydrogens is 428 g/mol. The molecule has 1 N–H and O–H groups in total. The van der Waals surface area contributed by atoms with E-state index in [1.54, 1.807) is 42.5 Å². The third kappa shape index (κ3) is 5.01. The first-order valence-corrected chi connectivity index (χ1v) is 11.7. The summed E-state index contributed by atoms with van der Waals surface area (Å²) in [4.78, 5) is 29.2. The highest BCUT2D eigenvalue weighted by molar-refractivity contribution is 5.92. The van der Waals surface area contributed by atoms with Crippen molar-refractivity contribution in [2.24, 2.45) is 0 Å². The zero-order chi connectivity index (χ0) is 23.3. The molecule has 1 fully saturated rings. The van der Waals surface area contributed by atoms with E-state index >= 15 is 0 Å². The summed E-state index contributed by atoms with van der Waals surface area (Å²) in [5, 5.41) is 3.26. The molecule has 0 bridgehead atoms. The Morgan fingerprint density at radius 2 is 1.76 bits per heavy atom. The van der Waals surface area contributed by atoms with E-state index in [2.05, 4.69) is 22.4 Å². The van der Waals surface area contributed by atoms with Crippen molar-refractivity contribution in [2.75, 3.05) is 11.9 Å². The summed E-state index contributed by atoms with van der Waals surface area (Å²) in [6.07, 6.45) is 6.43. The van der Waals surface area contributed by atoms with E-state index < -0.39 is 5.63 Å². The molecule has 0 aliphatic heterocycles. The second kappa shape index (κ2) is 9.91. The second-order valence-electron chi connectivity index (χ2n) is 8.65. The predicted molar refractivity (Wildman–Crippen MR) is 132 cm³/mol. The number of anilines is 1. The maximum atomic E-state index is 12.5. The van der Waals surface area contributed by atoms with Crippen LogP contribution in [-0.2, 0) is 4.79 Å². The number of nitrogens with zero attached hydrogens (tertiary/aromatic N) is 1. The Labute approximate surface area is 197 Å². The molecule has 6 heteroatoms. The van der Waals surface area contributed by atoms with Gasteiger partial charge in [0, 0.05) is 11.3 Å². The van der Waals surface area contributed by atoms with Crippen molar-refractivity contribution in [1.82, 2.24) is 4.98 Å². The number of benzene rings is 3. The highest BCUT2D eigenvalue weighted by Gasteiger charge is 2.15. The molecule has 0 spiro atoms. The van der Waals surface area contributed by atoms with Crippen LogP contribution in [0.1, 0.15) is 43.6 Å². The van der Waals surface area contributed by atoms with Gasteiger partial charge in [0.15, 0.2) is 6.61 Å². The van der Waals surface area contributed by atoms with E-state index in [1.807, 2.05) is 18.2 Å². The largest absolute Gasteiger partial charge is 0.484 e. The molecule has 0 unspecified atom stereocenters. The highest BCUT2D eigenvalue weighted by Crippen LogP contribution is 2.33. The fourth-order valence-corrected chi connectivity index (χ4v) is 4.49. The summed E-state index contributed by atoms with van der Waals surface area (Å²) in [7, 11) is 0. The Bertz CT molecular complexity index is 1350. The quantitative estimate of drug-likeness (QED) is 0.391. The third-order valence-corrected chi connectivity index (χ3v) is 6.26. The van der Waals surface area contributed by atoms with Crippen molar-refractivity contribution in [3.8, 4) is 17.2 Å². The molecule has 0 saturated heterocycles. The van der Waals surface area contributed by atoms with Gasteiger partial charge in [0.05, 0.1) is 10.9 Å². The molecule has 1 aliphatic carbocycles. The first kappa shape index (κ1) is 21.9. The summed E-state index contributed by atoms with van der Waals surface area (Å²) >= 11 is 0. The molecular formula is C28H26N2O4. The zero-order valence-corrected chi connectivity index (χ0v) is 18.8. The molecule has 0 atom stereocenters. The summed E-state index contributed by atoms with van der Waals surface area (Å²) in [6, 6.07) is 22.1. The standard InChI is InChI=1S/C28H26N2O4/c31-26(18-33-23-15-13-20(14-16-23)19-7-2-1-3-8-19)29-22-10-6-9-21(17-22)27-30-25-12-5-4-11-24(25)28(32)34-27/h4-6,9-17,19H,1-3,7-8,18H2,(H,29,31). The van der Waals surface area contributed by atoms with Gasteiger partial charge in [-0.1, -0.05) is 49.6 Å². The normalized spacial score (nSPS) is 14.1. The predicted octanol–water partition coefficient (Wildman–Crippen LogP) is 5.92. The molecule has 1 aromatic heterocycles. The van der Waals surface area contributed by atoms with Crippen LogP contribution >= 0.6 is 0 Å². The molecule has 1 amide bonds. The van der Waals surface area contributed by atoms with E-state index in [4.69, 9.17) is 9.15 Å². The van der Waals surface area contributed by atoms with Crippen LogP contribution in [0.4, 0.5) is 5.69 Å². The van der Waals surface area contributed by atoms with Gasteiger partial charge in [-0.25, -0.2) is 9.78 Å². The maximum absolute atomic E-state index is 12.5.